The van der Waals surface area contributed by atoms with Gasteiger partial charge < -0.3 is 11.1 Å². The Hall–Kier alpha value is -2.01. The SMILES string of the molecule is CC(N)CCCNC(=O)c1cccc2nccnc12. The van der Waals surface area contributed by atoms with Crippen molar-refractivity contribution >= 4 is 16.9 Å². The van der Waals surface area contributed by atoms with Crippen LogP contribution in [-0.2, 0) is 0 Å². The Morgan fingerprint density at radius 1 is 1.37 bits per heavy atom. The highest BCUT2D eigenvalue weighted by Crippen LogP contribution is 2.13. The molecule has 5 nitrogen and oxygen atoms in total. The quantitative estimate of drug-likeness (QED) is 0.796. The van der Waals surface area contributed by atoms with Gasteiger partial charge in [0.15, 0.2) is 0 Å². The molecule has 0 fully saturated rings. The number of nitrogens with zero attached hydrogens (tertiary/aromatic N) is 2. The lowest BCUT2D eigenvalue weighted by Gasteiger charge is -2.08. The number of para-hydroxylation sites is 1. The number of fused-ring (bicyclic) bond motifs is 1. The standard InChI is InChI=1S/C14H18N4O/c1-10(15)4-3-7-18-14(19)11-5-2-6-12-13(11)17-9-8-16-12/h2,5-6,8-10H,3-4,7,15H2,1H3,(H,18,19). The lowest BCUT2D eigenvalue weighted by Crippen LogP contribution is -2.26. The maximum atomic E-state index is 12.1. The Balaban J connectivity index is 2.05. The zero-order valence-electron chi connectivity index (χ0n) is 11.0. The number of carbonyl (C=O) groups is 1. The zero-order valence-corrected chi connectivity index (χ0v) is 11.0. The first-order valence-electron chi connectivity index (χ1n) is 6.42. The Morgan fingerprint density at radius 2 is 2.16 bits per heavy atom. The van der Waals surface area contributed by atoms with Gasteiger partial charge in [0.05, 0.1) is 11.1 Å². The maximum Gasteiger partial charge on any atom is 0.253 e. The van der Waals surface area contributed by atoms with Crippen molar-refractivity contribution < 1.29 is 4.79 Å². The highest BCUT2D eigenvalue weighted by molar-refractivity contribution is 6.04. The summed E-state index contributed by atoms with van der Waals surface area (Å²) in [4.78, 5) is 20.5. The van der Waals surface area contributed by atoms with E-state index in [1.54, 1.807) is 18.5 Å². The van der Waals surface area contributed by atoms with E-state index in [1.807, 2.05) is 19.1 Å². The fraction of sp³-hybridized carbons (Fsp3) is 0.357. The van der Waals surface area contributed by atoms with Crippen molar-refractivity contribution in [2.45, 2.75) is 25.8 Å². The van der Waals surface area contributed by atoms with Crippen LogP contribution in [0.3, 0.4) is 0 Å². The van der Waals surface area contributed by atoms with Gasteiger partial charge in [-0.15, -0.1) is 0 Å². The first-order valence-corrected chi connectivity index (χ1v) is 6.42. The molecule has 0 radical (unpaired) electrons. The third-order valence-electron chi connectivity index (χ3n) is 2.87. The average Bonchev–Trinajstić information content (AvgIpc) is 2.42. The van der Waals surface area contributed by atoms with Crippen molar-refractivity contribution in [2.75, 3.05) is 6.54 Å². The van der Waals surface area contributed by atoms with Gasteiger partial charge in [0, 0.05) is 25.0 Å². The number of hydrogen-bond donors (Lipinski definition) is 2. The summed E-state index contributed by atoms with van der Waals surface area (Å²) in [5, 5.41) is 2.88. The van der Waals surface area contributed by atoms with Crippen molar-refractivity contribution in [1.82, 2.24) is 15.3 Å². The lowest BCUT2D eigenvalue weighted by molar-refractivity contribution is 0.0954. The number of nitrogens with two attached hydrogens (primary N) is 1. The number of amides is 1. The molecule has 0 saturated heterocycles. The normalized spacial score (nSPS) is 12.3. The first-order chi connectivity index (χ1) is 9.18. The number of carbonyl (C=O) groups excluding carboxylic acids is 1. The van der Waals surface area contributed by atoms with Crippen LogP contribution in [-0.4, -0.2) is 28.5 Å². The molecule has 1 aromatic carbocycles. The van der Waals surface area contributed by atoms with Gasteiger partial charge in [-0.2, -0.15) is 0 Å². The number of benzene rings is 1. The molecule has 100 valence electrons. The number of rotatable bonds is 5. The van der Waals surface area contributed by atoms with Crippen molar-refractivity contribution in [1.29, 1.82) is 0 Å². The molecule has 1 atom stereocenters. The van der Waals surface area contributed by atoms with Gasteiger partial charge in [-0.05, 0) is 31.9 Å². The predicted octanol–water partition coefficient (Wildman–Crippen LogP) is 1.49. The fourth-order valence-electron chi connectivity index (χ4n) is 1.90. The number of nitrogens with one attached hydrogen (secondary N) is 1. The summed E-state index contributed by atoms with van der Waals surface area (Å²) >= 11 is 0. The Kier molecular flexibility index (Phi) is 4.41. The van der Waals surface area contributed by atoms with E-state index in [-0.39, 0.29) is 11.9 Å². The van der Waals surface area contributed by atoms with Gasteiger partial charge in [-0.1, -0.05) is 6.07 Å². The molecule has 0 aliphatic heterocycles. The van der Waals surface area contributed by atoms with E-state index < -0.39 is 0 Å². The topological polar surface area (TPSA) is 80.9 Å². The maximum absolute atomic E-state index is 12.1. The van der Waals surface area contributed by atoms with Crippen molar-refractivity contribution in [3.05, 3.63) is 36.2 Å². The second-order valence-corrected chi connectivity index (χ2v) is 4.61. The van der Waals surface area contributed by atoms with Crippen LogP contribution in [0.1, 0.15) is 30.1 Å². The summed E-state index contributed by atoms with van der Waals surface area (Å²) in [6, 6.07) is 5.58. The molecule has 0 spiro atoms. The molecule has 1 heterocycles. The molecule has 0 saturated carbocycles. The minimum atomic E-state index is -0.115. The van der Waals surface area contributed by atoms with Gasteiger partial charge in [0.25, 0.3) is 5.91 Å². The van der Waals surface area contributed by atoms with Gasteiger partial charge in [0.2, 0.25) is 0 Å². The molecular formula is C14H18N4O. The average molecular weight is 258 g/mol. The van der Waals surface area contributed by atoms with Crippen molar-refractivity contribution in [2.24, 2.45) is 5.73 Å². The minimum absolute atomic E-state index is 0.115. The summed E-state index contributed by atoms with van der Waals surface area (Å²) in [7, 11) is 0. The predicted molar refractivity (Wildman–Crippen MR) is 74.8 cm³/mol. The molecule has 19 heavy (non-hydrogen) atoms. The summed E-state index contributed by atoms with van der Waals surface area (Å²) in [5.41, 5.74) is 7.59. The second kappa shape index (κ2) is 6.24. The molecule has 5 heteroatoms. The molecule has 1 amide bonds. The van der Waals surface area contributed by atoms with E-state index in [2.05, 4.69) is 15.3 Å². The molecule has 2 rings (SSSR count). The fourth-order valence-corrected chi connectivity index (χ4v) is 1.90. The van der Waals surface area contributed by atoms with Gasteiger partial charge in [0.1, 0.15) is 5.52 Å². The van der Waals surface area contributed by atoms with E-state index in [4.69, 9.17) is 5.73 Å². The zero-order chi connectivity index (χ0) is 13.7. The highest BCUT2D eigenvalue weighted by Gasteiger charge is 2.10. The van der Waals surface area contributed by atoms with E-state index in [0.29, 0.717) is 17.6 Å². The Morgan fingerprint density at radius 3 is 2.95 bits per heavy atom. The Labute approximate surface area is 112 Å². The van der Waals surface area contributed by atoms with E-state index in [9.17, 15) is 4.79 Å². The van der Waals surface area contributed by atoms with Crippen molar-refractivity contribution in [3.63, 3.8) is 0 Å². The lowest BCUT2D eigenvalue weighted by atomic mass is 10.1. The Bertz CT molecular complexity index is 563. The van der Waals surface area contributed by atoms with Crippen LogP contribution in [0, 0.1) is 0 Å². The number of hydrogen-bond acceptors (Lipinski definition) is 4. The summed E-state index contributed by atoms with van der Waals surface area (Å²) < 4.78 is 0. The molecule has 0 bridgehead atoms. The van der Waals surface area contributed by atoms with Crippen molar-refractivity contribution in [3.8, 4) is 0 Å². The summed E-state index contributed by atoms with van der Waals surface area (Å²) in [5.74, 6) is -0.115. The molecule has 0 aliphatic carbocycles. The smallest absolute Gasteiger partial charge is 0.253 e. The van der Waals surface area contributed by atoms with Crippen LogP contribution in [0.2, 0.25) is 0 Å². The molecule has 1 aromatic heterocycles. The van der Waals surface area contributed by atoms with Crippen LogP contribution < -0.4 is 11.1 Å². The van der Waals surface area contributed by atoms with Crippen LogP contribution in [0.15, 0.2) is 30.6 Å². The van der Waals surface area contributed by atoms with E-state index in [1.165, 1.54) is 0 Å². The van der Waals surface area contributed by atoms with Crippen LogP contribution >= 0.6 is 0 Å². The molecule has 3 N–H and O–H groups in total. The molecular weight excluding hydrogens is 240 g/mol. The highest BCUT2D eigenvalue weighted by atomic mass is 16.1. The first kappa shape index (κ1) is 13.4. The molecule has 1 unspecified atom stereocenters. The van der Waals surface area contributed by atoms with E-state index >= 15 is 0 Å². The summed E-state index contributed by atoms with van der Waals surface area (Å²) in [6.45, 7) is 2.58. The third kappa shape index (κ3) is 3.48. The number of aromatic nitrogens is 2. The minimum Gasteiger partial charge on any atom is -0.352 e. The second-order valence-electron chi connectivity index (χ2n) is 4.61. The van der Waals surface area contributed by atoms with Gasteiger partial charge in [-0.3, -0.25) is 14.8 Å². The van der Waals surface area contributed by atoms with Gasteiger partial charge in [-0.25, -0.2) is 0 Å². The van der Waals surface area contributed by atoms with E-state index in [0.717, 1.165) is 18.4 Å². The molecule has 2 aromatic rings. The van der Waals surface area contributed by atoms with Crippen LogP contribution in [0.4, 0.5) is 0 Å². The third-order valence-corrected chi connectivity index (χ3v) is 2.87. The monoisotopic (exact) mass is 258 g/mol. The largest absolute Gasteiger partial charge is 0.352 e. The van der Waals surface area contributed by atoms with Crippen LogP contribution in [0.25, 0.3) is 11.0 Å². The van der Waals surface area contributed by atoms with Crippen LogP contribution in [0.5, 0.6) is 0 Å². The molecule has 0 aliphatic rings. The summed E-state index contributed by atoms with van der Waals surface area (Å²) in [6.07, 6.45) is 4.98. The van der Waals surface area contributed by atoms with Gasteiger partial charge >= 0.3 is 0 Å².